The van der Waals surface area contributed by atoms with Crippen molar-refractivity contribution in [3.63, 3.8) is 0 Å². The summed E-state index contributed by atoms with van der Waals surface area (Å²) in [6, 6.07) is 6.09. The van der Waals surface area contributed by atoms with Crippen molar-refractivity contribution in [3.05, 3.63) is 23.8 Å². The summed E-state index contributed by atoms with van der Waals surface area (Å²) >= 11 is 0. The molecule has 0 saturated carbocycles. The van der Waals surface area contributed by atoms with E-state index in [0.29, 0.717) is 0 Å². The van der Waals surface area contributed by atoms with Gasteiger partial charge in [-0.2, -0.15) is 0 Å². The van der Waals surface area contributed by atoms with Crippen LogP contribution in [-0.2, 0) is 5.41 Å². The summed E-state index contributed by atoms with van der Waals surface area (Å²) in [5.41, 5.74) is 7.05. The van der Waals surface area contributed by atoms with Gasteiger partial charge in [0.25, 0.3) is 0 Å². The molecule has 3 nitrogen and oxygen atoms in total. The standard InChI is InChI=1S/C14H23NO2/c1-10(15)9-14(2,3)12-7-6-11(16-4)8-13(12)17-5/h6-8,10H,9,15H2,1-5H3. The molecule has 1 aromatic carbocycles. The van der Waals surface area contributed by atoms with Gasteiger partial charge in [0.05, 0.1) is 14.2 Å². The van der Waals surface area contributed by atoms with Crippen LogP contribution in [0.3, 0.4) is 0 Å². The zero-order chi connectivity index (χ0) is 13.1. The second-order valence-electron chi connectivity index (χ2n) is 5.13. The van der Waals surface area contributed by atoms with Crippen molar-refractivity contribution in [3.8, 4) is 11.5 Å². The molecule has 1 rings (SSSR count). The molecule has 2 N–H and O–H groups in total. The van der Waals surface area contributed by atoms with Crippen LogP contribution in [0.15, 0.2) is 18.2 Å². The van der Waals surface area contributed by atoms with Gasteiger partial charge in [0.15, 0.2) is 0 Å². The van der Waals surface area contributed by atoms with E-state index in [2.05, 4.69) is 19.9 Å². The number of benzene rings is 1. The van der Waals surface area contributed by atoms with Gasteiger partial charge in [-0.1, -0.05) is 19.9 Å². The molecule has 0 bridgehead atoms. The van der Waals surface area contributed by atoms with E-state index in [1.54, 1.807) is 14.2 Å². The number of hydrogen-bond donors (Lipinski definition) is 1. The van der Waals surface area contributed by atoms with E-state index in [9.17, 15) is 0 Å². The van der Waals surface area contributed by atoms with Crippen LogP contribution in [0.25, 0.3) is 0 Å². The Hall–Kier alpha value is -1.22. The van der Waals surface area contributed by atoms with E-state index in [1.165, 1.54) is 0 Å². The van der Waals surface area contributed by atoms with Crippen LogP contribution in [0.5, 0.6) is 11.5 Å². The first-order valence-corrected chi connectivity index (χ1v) is 5.89. The largest absolute Gasteiger partial charge is 0.497 e. The van der Waals surface area contributed by atoms with Gasteiger partial charge in [-0.15, -0.1) is 0 Å². The molecule has 17 heavy (non-hydrogen) atoms. The lowest BCUT2D eigenvalue weighted by Gasteiger charge is -2.29. The van der Waals surface area contributed by atoms with E-state index < -0.39 is 0 Å². The lowest BCUT2D eigenvalue weighted by atomic mass is 9.79. The molecule has 0 fully saturated rings. The van der Waals surface area contributed by atoms with Gasteiger partial charge in [0.2, 0.25) is 0 Å². The van der Waals surface area contributed by atoms with Gasteiger partial charge in [0.1, 0.15) is 11.5 Å². The quantitative estimate of drug-likeness (QED) is 0.856. The molecule has 96 valence electrons. The van der Waals surface area contributed by atoms with Crippen molar-refractivity contribution in [2.75, 3.05) is 14.2 Å². The van der Waals surface area contributed by atoms with Crippen LogP contribution in [0.2, 0.25) is 0 Å². The highest BCUT2D eigenvalue weighted by Gasteiger charge is 2.25. The summed E-state index contributed by atoms with van der Waals surface area (Å²) in [5, 5.41) is 0. The summed E-state index contributed by atoms with van der Waals surface area (Å²) in [7, 11) is 3.34. The normalized spacial score (nSPS) is 13.3. The maximum atomic E-state index is 5.90. The Balaban J connectivity index is 3.11. The summed E-state index contributed by atoms with van der Waals surface area (Å²) in [4.78, 5) is 0. The van der Waals surface area contributed by atoms with Crippen molar-refractivity contribution in [2.24, 2.45) is 5.73 Å². The fourth-order valence-electron chi connectivity index (χ4n) is 2.27. The van der Waals surface area contributed by atoms with Crippen LogP contribution in [0, 0.1) is 0 Å². The highest BCUT2D eigenvalue weighted by Crippen LogP contribution is 2.36. The van der Waals surface area contributed by atoms with Crippen molar-refractivity contribution in [1.82, 2.24) is 0 Å². The fourth-order valence-corrected chi connectivity index (χ4v) is 2.27. The zero-order valence-electron chi connectivity index (χ0n) is 11.4. The molecule has 0 saturated heterocycles. The molecule has 0 heterocycles. The third kappa shape index (κ3) is 3.37. The molecule has 0 spiro atoms. The predicted molar refractivity (Wildman–Crippen MR) is 70.8 cm³/mol. The second-order valence-corrected chi connectivity index (χ2v) is 5.13. The van der Waals surface area contributed by atoms with Crippen LogP contribution < -0.4 is 15.2 Å². The summed E-state index contributed by atoms with van der Waals surface area (Å²) in [5.74, 6) is 1.66. The highest BCUT2D eigenvalue weighted by molar-refractivity contribution is 5.44. The number of nitrogens with two attached hydrogens (primary N) is 1. The van der Waals surface area contributed by atoms with E-state index >= 15 is 0 Å². The Labute approximate surface area is 104 Å². The van der Waals surface area contributed by atoms with Crippen molar-refractivity contribution in [2.45, 2.75) is 38.6 Å². The topological polar surface area (TPSA) is 44.5 Å². The average molecular weight is 237 g/mol. The minimum atomic E-state index is -0.00815. The first-order valence-electron chi connectivity index (χ1n) is 5.89. The van der Waals surface area contributed by atoms with Crippen LogP contribution in [0.4, 0.5) is 0 Å². The maximum absolute atomic E-state index is 5.90. The van der Waals surface area contributed by atoms with Crippen LogP contribution in [0.1, 0.15) is 32.8 Å². The van der Waals surface area contributed by atoms with Crippen molar-refractivity contribution < 1.29 is 9.47 Å². The fraction of sp³-hybridized carbons (Fsp3) is 0.571. The van der Waals surface area contributed by atoms with E-state index in [-0.39, 0.29) is 11.5 Å². The highest BCUT2D eigenvalue weighted by atomic mass is 16.5. The third-order valence-corrected chi connectivity index (χ3v) is 2.97. The molecule has 0 amide bonds. The van der Waals surface area contributed by atoms with Gasteiger partial charge < -0.3 is 15.2 Å². The molecule has 0 aliphatic carbocycles. The number of rotatable bonds is 5. The van der Waals surface area contributed by atoms with Gasteiger partial charge in [-0.05, 0) is 24.8 Å². The molecule has 1 aromatic rings. The maximum Gasteiger partial charge on any atom is 0.126 e. The summed E-state index contributed by atoms with van der Waals surface area (Å²) in [6.45, 7) is 6.39. The minimum Gasteiger partial charge on any atom is -0.497 e. The SMILES string of the molecule is COc1ccc(C(C)(C)CC(C)N)c(OC)c1. The predicted octanol–water partition coefficient (Wildman–Crippen LogP) is 2.72. The number of methoxy groups -OCH3 is 2. The van der Waals surface area contributed by atoms with Crippen LogP contribution >= 0.6 is 0 Å². The third-order valence-electron chi connectivity index (χ3n) is 2.97. The average Bonchev–Trinajstić information content (AvgIpc) is 2.26. The molecule has 0 aliphatic rings. The van der Waals surface area contributed by atoms with Crippen molar-refractivity contribution >= 4 is 0 Å². The Bertz CT molecular complexity index is 372. The Morgan fingerprint density at radius 1 is 1.24 bits per heavy atom. The van der Waals surface area contributed by atoms with Gasteiger partial charge >= 0.3 is 0 Å². The smallest absolute Gasteiger partial charge is 0.126 e. The lowest BCUT2D eigenvalue weighted by Crippen LogP contribution is -2.28. The van der Waals surface area contributed by atoms with E-state index in [0.717, 1.165) is 23.5 Å². The Morgan fingerprint density at radius 2 is 1.88 bits per heavy atom. The molecule has 1 atom stereocenters. The van der Waals surface area contributed by atoms with Gasteiger partial charge in [0, 0.05) is 17.7 Å². The monoisotopic (exact) mass is 237 g/mol. The molecule has 0 aromatic heterocycles. The van der Waals surface area contributed by atoms with E-state index in [4.69, 9.17) is 15.2 Å². The number of ether oxygens (including phenoxy) is 2. The molecule has 0 radical (unpaired) electrons. The molecule has 0 aliphatic heterocycles. The number of hydrogen-bond acceptors (Lipinski definition) is 3. The Morgan fingerprint density at radius 3 is 2.35 bits per heavy atom. The molecule has 1 unspecified atom stereocenters. The van der Waals surface area contributed by atoms with Gasteiger partial charge in [-0.3, -0.25) is 0 Å². The van der Waals surface area contributed by atoms with Gasteiger partial charge in [-0.25, -0.2) is 0 Å². The van der Waals surface area contributed by atoms with E-state index in [1.807, 2.05) is 19.1 Å². The summed E-state index contributed by atoms with van der Waals surface area (Å²) in [6.07, 6.45) is 0.912. The first kappa shape index (κ1) is 13.8. The van der Waals surface area contributed by atoms with Crippen LogP contribution in [-0.4, -0.2) is 20.3 Å². The first-order chi connectivity index (χ1) is 7.90. The summed E-state index contributed by atoms with van der Waals surface area (Å²) < 4.78 is 10.6. The zero-order valence-corrected chi connectivity index (χ0v) is 11.4. The Kier molecular flexibility index (Phi) is 4.40. The molecular formula is C14H23NO2. The second kappa shape index (κ2) is 5.41. The van der Waals surface area contributed by atoms with Crippen molar-refractivity contribution in [1.29, 1.82) is 0 Å². The lowest BCUT2D eigenvalue weighted by molar-refractivity contribution is 0.368. The molecule has 3 heteroatoms. The minimum absolute atomic E-state index is 0.00815. The molecular weight excluding hydrogens is 214 g/mol.